The van der Waals surface area contributed by atoms with Crippen LogP contribution in [0.2, 0.25) is 0 Å². The molecule has 3 rings (SSSR count). The van der Waals surface area contributed by atoms with Crippen LogP contribution in [-0.2, 0) is 16.6 Å². The normalized spacial score (nSPS) is 17.2. The van der Waals surface area contributed by atoms with E-state index in [4.69, 9.17) is 4.42 Å². The third-order valence-electron chi connectivity index (χ3n) is 4.61. The molecule has 1 aromatic carbocycles. The number of rotatable bonds is 4. The number of fused-ring (bicyclic) bond motifs is 1. The molecule has 1 saturated heterocycles. The van der Waals surface area contributed by atoms with E-state index < -0.39 is 21.4 Å². The molecule has 0 atom stereocenters. The molecule has 1 aliphatic rings. The first-order valence-corrected chi connectivity index (χ1v) is 9.72. The van der Waals surface area contributed by atoms with Crippen molar-refractivity contribution in [2.45, 2.75) is 25.3 Å². The largest absolute Gasteiger partial charge is 0.422 e. The van der Waals surface area contributed by atoms with E-state index in [0.717, 1.165) is 6.54 Å². The minimum Gasteiger partial charge on any atom is -0.372 e. The van der Waals surface area contributed by atoms with Crippen molar-refractivity contribution in [3.8, 4) is 0 Å². The number of aromatic nitrogens is 1. The molecule has 0 N–H and O–H groups in total. The van der Waals surface area contributed by atoms with Gasteiger partial charge in [-0.1, -0.05) is 6.92 Å². The number of hydrogen-bond acceptors (Lipinski definition) is 6. The summed E-state index contributed by atoms with van der Waals surface area (Å²) in [6.45, 7) is 7.19. The number of likely N-dealkylation sites (N-methyl/N-ethyl adjacent to an activating group) is 1. The molecule has 1 aromatic heterocycles. The minimum atomic E-state index is -3.69. The summed E-state index contributed by atoms with van der Waals surface area (Å²) >= 11 is 0. The van der Waals surface area contributed by atoms with Crippen LogP contribution in [0.5, 0.6) is 0 Å². The van der Waals surface area contributed by atoms with E-state index >= 15 is 0 Å². The molecule has 9 heteroatoms. The second kappa shape index (κ2) is 6.74. The van der Waals surface area contributed by atoms with E-state index in [2.05, 4.69) is 4.90 Å². The van der Waals surface area contributed by atoms with Gasteiger partial charge in [-0.25, -0.2) is 18.0 Å². The Labute approximate surface area is 145 Å². The van der Waals surface area contributed by atoms with Gasteiger partial charge in [-0.2, -0.15) is 4.31 Å². The van der Waals surface area contributed by atoms with Gasteiger partial charge in [0.05, 0.1) is 15.8 Å². The van der Waals surface area contributed by atoms with Crippen molar-refractivity contribution in [2.75, 3.05) is 32.7 Å². The van der Waals surface area contributed by atoms with E-state index in [-0.39, 0.29) is 10.3 Å². The van der Waals surface area contributed by atoms with Gasteiger partial charge in [0, 0.05) is 32.7 Å². The molecule has 2 heterocycles. The van der Waals surface area contributed by atoms with Gasteiger partial charge in [-0.3, -0.25) is 4.57 Å². The second-order valence-electron chi connectivity index (χ2n) is 5.92. The molecule has 0 radical (unpaired) electrons. The highest BCUT2D eigenvalue weighted by molar-refractivity contribution is 7.89. The van der Waals surface area contributed by atoms with Crippen LogP contribution in [0.25, 0.3) is 10.9 Å². The van der Waals surface area contributed by atoms with Crippen LogP contribution in [0.15, 0.2) is 37.1 Å². The summed E-state index contributed by atoms with van der Waals surface area (Å²) in [5.41, 5.74) is -0.448. The van der Waals surface area contributed by atoms with Crippen LogP contribution in [0.1, 0.15) is 13.8 Å². The minimum absolute atomic E-state index is 0.0403. The van der Waals surface area contributed by atoms with Gasteiger partial charge in [0.2, 0.25) is 10.0 Å². The fraction of sp³-hybridized carbons (Fsp3) is 0.500. The summed E-state index contributed by atoms with van der Waals surface area (Å²) in [6, 6.07) is 4.23. The van der Waals surface area contributed by atoms with Crippen molar-refractivity contribution in [1.29, 1.82) is 0 Å². The van der Waals surface area contributed by atoms with Crippen LogP contribution in [0, 0.1) is 0 Å². The number of sulfonamides is 1. The van der Waals surface area contributed by atoms with Crippen LogP contribution in [0.3, 0.4) is 0 Å². The predicted molar refractivity (Wildman–Crippen MR) is 93.3 cm³/mol. The third kappa shape index (κ3) is 3.14. The third-order valence-corrected chi connectivity index (χ3v) is 6.51. The maximum Gasteiger partial charge on any atom is 0.422 e. The van der Waals surface area contributed by atoms with E-state index in [1.807, 2.05) is 6.92 Å². The summed E-state index contributed by atoms with van der Waals surface area (Å²) in [4.78, 5) is 26.0. The Balaban J connectivity index is 2.05. The SMILES string of the molecule is CCN1CCN(S(=O)(=O)c2ccc3c(c2)c(=O)oc(=O)n3CC)CC1. The average Bonchev–Trinajstić information content (AvgIpc) is 2.61. The number of hydrogen-bond donors (Lipinski definition) is 0. The van der Waals surface area contributed by atoms with Crippen LogP contribution in [0.4, 0.5) is 0 Å². The fourth-order valence-corrected chi connectivity index (χ4v) is 4.55. The number of aryl methyl sites for hydroxylation is 1. The van der Waals surface area contributed by atoms with Crippen molar-refractivity contribution in [2.24, 2.45) is 0 Å². The maximum absolute atomic E-state index is 12.9. The molecule has 25 heavy (non-hydrogen) atoms. The lowest BCUT2D eigenvalue weighted by molar-refractivity contribution is 0.196. The fourth-order valence-electron chi connectivity index (χ4n) is 3.10. The zero-order chi connectivity index (χ0) is 18.2. The number of piperazine rings is 1. The topological polar surface area (TPSA) is 92.8 Å². The van der Waals surface area contributed by atoms with E-state index in [9.17, 15) is 18.0 Å². The summed E-state index contributed by atoms with van der Waals surface area (Å²) < 4.78 is 33.1. The van der Waals surface area contributed by atoms with Crippen molar-refractivity contribution < 1.29 is 12.8 Å². The Morgan fingerprint density at radius 1 is 1.04 bits per heavy atom. The van der Waals surface area contributed by atoms with E-state index in [0.29, 0.717) is 38.2 Å². The smallest absolute Gasteiger partial charge is 0.372 e. The van der Waals surface area contributed by atoms with E-state index in [1.165, 1.54) is 27.1 Å². The summed E-state index contributed by atoms with van der Waals surface area (Å²) in [6.07, 6.45) is 0. The Morgan fingerprint density at radius 2 is 1.72 bits per heavy atom. The summed E-state index contributed by atoms with van der Waals surface area (Å²) in [5, 5.41) is 0.0923. The van der Waals surface area contributed by atoms with Gasteiger partial charge >= 0.3 is 11.4 Å². The van der Waals surface area contributed by atoms with Crippen LogP contribution >= 0.6 is 0 Å². The molecule has 0 spiro atoms. The van der Waals surface area contributed by atoms with Crippen molar-refractivity contribution in [3.05, 3.63) is 39.2 Å². The first-order valence-electron chi connectivity index (χ1n) is 8.28. The molecule has 136 valence electrons. The lowest BCUT2D eigenvalue weighted by Gasteiger charge is -2.33. The second-order valence-corrected chi connectivity index (χ2v) is 7.85. The molecule has 2 aromatic rings. The quantitative estimate of drug-likeness (QED) is 0.772. The van der Waals surface area contributed by atoms with Gasteiger partial charge in [-0.05, 0) is 31.7 Å². The van der Waals surface area contributed by atoms with Gasteiger partial charge in [0.1, 0.15) is 0 Å². The zero-order valence-electron chi connectivity index (χ0n) is 14.3. The molecule has 8 nitrogen and oxygen atoms in total. The highest BCUT2D eigenvalue weighted by atomic mass is 32.2. The zero-order valence-corrected chi connectivity index (χ0v) is 15.1. The van der Waals surface area contributed by atoms with Crippen molar-refractivity contribution >= 4 is 20.9 Å². The monoisotopic (exact) mass is 367 g/mol. The molecule has 1 aliphatic heterocycles. The van der Waals surface area contributed by atoms with Gasteiger partial charge in [0.15, 0.2) is 0 Å². The molecule has 0 amide bonds. The summed E-state index contributed by atoms with van der Waals surface area (Å²) in [7, 11) is -3.69. The average molecular weight is 367 g/mol. The Hall–Kier alpha value is -1.97. The molecule has 0 bridgehead atoms. The van der Waals surface area contributed by atoms with Crippen LogP contribution in [-0.4, -0.2) is 54.9 Å². The highest BCUT2D eigenvalue weighted by Crippen LogP contribution is 2.21. The molecular weight excluding hydrogens is 346 g/mol. The van der Waals surface area contributed by atoms with Gasteiger partial charge in [0.25, 0.3) is 0 Å². The maximum atomic E-state index is 12.9. The number of benzene rings is 1. The lowest BCUT2D eigenvalue weighted by atomic mass is 10.2. The first-order chi connectivity index (χ1) is 11.9. The van der Waals surface area contributed by atoms with Gasteiger partial charge in [-0.15, -0.1) is 0 Å². The lowest BCUT2D eigenvalue weighted by Crippen LogP contribution is -2.48. The molecular formula is C16H21N3O5S. The molecule has 0 aliphatic carbocycles. The van der Waals surface area contributed by atoms with Crippen molar-refractivity contribution in [1.82, 2.24) is 13.8 Å². The Kier molecular flexibility index (Phi) is 4.81. The van der Waals surface area contributed by atoms with Gasteiger partial charge < -0.3 is 9.32 Å². The standard InChI is InChI=1S/C16H21N3O5S/c1-3-17-7-9-18(10-8-17)25(22,23)12-5-6-14-13(11-12)15(20)24-16(21)19(14)4-2/h5-6,11H,3-4,7-10H2,1-2H3. The number of nitrogens with zero attached hydrogens (tertiary/aromatic N) is 3. The highest BCUT2D eigenvalue weighted by Gasteiger charge is 2.28. The molecule has 0 saturated carbocycles. The van der Waals surface area contributed by atoms with Crippen molar-refractivity contribution in [3.63, 3.8) is 0 Å². The molecule has 0 unspecified atom stereocenters. The Morgan fingerprint density at radius 3 is 2.32 bits per heavy atom. The predicted octanol–water partition coefficient (Wildman–Crippen LogP) is 0.301. The van der Waals surface area contributed by atoms with E-state index in [1.54, 1.807) is 6.92 Å². The summed E-state index contributed by atoms with van der Waals surface area (Å²) in [5.74, 6) is -0.744. The Bertz CT molecular complexity index is 1000. The van der Waals surface area contributed by atoms with Crippen LogP contribution < -0.4 is 11.4 Å². The molecule has 1 fully saturated rings. The first kappa shape index (κ1) is 17.8.